The molecule has 3 aromatic rings. The Bertz CT molecular complexity index is 934. The second-order valence-corrected chi connectivity index (χ2v) is 8.06. The van der Waals surface area contributed by atoms with E-state index < -0.39 is 17.7 Å². The largest absolute Gasteiger partial charge is 0.362 e. The van der Waals surface area contributed by atoms with E-state index in [0.29, 0.717) is 12.2 Å². The molecule has 146 valence electrons. The van der Waals surface area contributed by atoms with Gasteiger partial charge >= 0.3 is 0 Å². The number of benzene rings is 2. The monoisotopic (exact) mass is 378 g/mol. The Kier molecular flexibility index (Phi) is 4.91. The normalized spacial score (nSPS) is 22.7. The number of para-hydroxylation sites is 2. The van der Waals surface area contributed by atoms with E-state index in [4.69, 9.17) is 15.5 Å². The molecule has 0 spiro atoms. The minimum Gasteiger partial charge on any atom is -0.362 e. The third-order valence-electron chi connectivity index (χ3n) is 5.12. The number of H-pyrrole nitrogens is 1. The van der Waals surface area contributed by atoms with Crippen LogP contribution in [-0.4, -0.2) is 33.6 Å². The quantitative estimate of drug-likeness (QED) is 0.650. The zero-order valence-electron chi connectivity index (χ0n) is 16.2. The summed E-state index contributed by atoms with van der Waals surface area (Å²) in [5.74, 6) is 0.526. The molecule has 1 amide bonds. The Labute approximate surface area is 164 Å². The summed E-state index contributed by atoms with van der Waals surface area (Å²) in [6.07, 6.45) is 0.675. The molecule has 6 nitrogen and oxygen atoms in total. The van der Waals surface area contributed by atoms with Gasteiger partial charge in [0, 0.05) is 6.04 Å². The zero-order valence-corrected chi connectivity index (χ0v) is 16.2. The maximum atomic E-state index is 13.1. The lowest BCUT2D eigenvalue weighted by Gasteiger charge is -2.38. The van der Waals surface area contributed by atoms with Gasteiger partial charge in [0.05, 0.1) is 16.6 Å². The molecular formula is C22H26N4O2. The first-order valence-corrected chi connectivity index (χ1v) is 9.65. The molecule has 28 heavy (non-hydrogen) atoms. The Balaban J connectivity index is 1.64. The van der Waals surface area contributed by atoms with Crippen molar-refractivity contribution < 1.29 is 9.53 Å². The van der Waals surface area contributed by atoms with Crippen LogP contribution in [-0.2, 0) is 9.53 Å². The molecule has 1 aliphatic rings. The molecule has 2 aromatic carbocycles. The molecule has 3 atom stereocenters. The fourth-order valence-corrected chi connectivity index (χ4v) is 3.93. The van der Waals surface area contributed by atoms with Crippen molar-refractivity contribution >= 4 is 16.9 Å². The molecule has 1 unspecified atom stereocenters. The molecule has 0 saturated carbocycles. The zero-order chi connectivity index (χ0) is 19.7. The number of imidazole rings is 1. The maximum absolute atomic E-state index is 13.1. The Morgan fingerprint density at radius 1 is 1.21 bits per heavy atom. The van der Waals surface area contributed by atoms with E-state index in [1.807, 2.05) is 68.4 Å². The van der Waals surface area contributed by atoms with Crippen LogP contribution in [0.5, 0.6) is 0 Å². The summed E-state index contributed by atoms with van der Waals surface area (Å²) >= 11 is 0. The molecular weight excluding hydrogens is 352 g/mol. The Morgan fingerprint density at radius 2 is 1.93 bits per heavy atom. The van der Waals surface area contributed by atoms with Gasteiger partial charge in [0.1, 0.15) is 18.0 Å². The van der Waals surface area contributed by atoms with Crippen molar-refractivity contribution in [2.75, 3.05) is 0 Å². The summed E-state index contributed by atoms with van der Waals surface area (Å²) in [6, 6.07) is 17.2. The summed E-state index contributed by atoms with van der Waals surface area (Å²) in [5.41, 5.74) is 8.50. The minimum atomic E-state index is -0.575. The number of carbonyl (C=O) groups is 1. The molecule has 6 heteroatoms. The summed E-state index contributed by atoms with van der Waals surface area (Å²) in [6.45, 7) is 3.94. The van der Waals surface area contributed by atoms with E-state index in [9.17, 15) is 4.79 Å². The van der Waals surface area contributed by atoms with Crippen molar-refractivity contribution in [1.82, 2.24) is 15.3 Å². The number of amides is 1. The van der Waals surface area contributed by atoms with Crippen molar-refractivity contribution in [3.8, 4) is 0 Å². The van der Waals surface area contributed by atoms with E-state index in [1.165, 1.54) is 0 Å². The third-order valence-corrected chi connectivity index (χ3v) is 5.12. The molecule has 1 saturated heterocycles. The minimum absolute atomic E-state index is 0.0547. The van der Waals surface area contributed by atoms with E-state index >= 15 is 0 Å². The van der Waals surface area contributed by atoms with Crippen LogP contribution < -0.4 is 11.1 Å². The number of aromatic amines is 1. The van der Waals surface area contributed by atoms with Crippen molar-refractivity contribution in [1.29, 1.82) is 0 Å². The number of rotatable bonds is 4. The Morgan fingerprint density at radius 3 is 2.64 bits per heavy atom. The Hall–Kier alpha value is -2.70. The van der Waals surface area contributed by atoms with E-state index in [1.54, 1.807) is 0 Å². The summed E-state index contributed by atoms with van der Waals surface area (Å²) in [4.78, 5) is 21.1. The fourth-order valence-electron chi connectivity index (χ4n) is 3.93. The van der Waals surface area contributed by atoms with Crippen LogP contribution in [0.3, 0.4) is 0 Å². The van der Waals surface area contributed by atoms with Crippen molar-refractivity contribution in [2.45, 2.75) is 50.5 Å². The lowest BCUT2D eigenvalue weighted by Crippen LogP contribution is -2.51. The molecule has 0 aliphatic carbocycles. The first-order chi connectivity index (χ1) is 13.4. The van der Waals surface area contributed by atoms with Gasteiger partial charge in [0.2, 0.25) is 5.91 Å². The van der Waals surface area contributed by atoms with E-state index in [-0.39, 0.29) is 11.9 Å². The molecule has 1 aromatic heterocycles. The number of nitrogens with zero attached hydrogens (tertiary/aromatic N) is 1. The first kappa shape index (κ1) is 18.7. The highest BCUT2D eigenvalue weighted by Gasteiger charge is 2.37. The topological polar surface area (TPSA) is 93.0 Å². The highest BCUT2D eigenvalue weighted by atomic mass is 16.5. The van der Waals surface area contributed by atoms with Crippen molar-refractivity contribution in [2.24, 2.45) is 5.73 Å². The number of fused-ring (bicyclic) bond motifs is 1. The van der Waals surface area contributed by atoms with Gasteiger partial charge in [-0.2, -0.15) is 0 Å². The highest BCUT2D eigenvalue weighted by Crippen LogP contribution is 2.29. The van der Waals surface area contributed by atoms with Crippen LogP contribution in [0.25, 0.3) is 11.0 Å². The molecule has 0 bridgehead atoms. The fraction of sp³-hybridized carbons (Fsp3) is 0.364. The second kappa shape index (κ2) is 7.37. The van der Waals surface area contributed by atoms with E-state index in [2.05, 4.69) is 10.3 Å². The van der Waals surface area contributed by atoms with Crippen LogP contribution >= 0.6 is 0 Å². The predicted octanol–water partition coefficient (Wildman–Crippen LogP) is 3.05. The van der Waals surface area contributed by atoms with Crippen LogP contribution in [0.4, 0.5) is 0 Å². The van der Waals surface area contributed by atoms with Gasteiger partial charge < -0.3 is 20.8 Å². The van der Waals surface area contributed by atoms with Gasteiger partial charge in [0.25, 0.3) is 0 Å². The summed E-state index contributed by atoms with van der Waals surface area (Å²) < 4.78 is 6.01. The van der Waals surface area contributed by atoms with Gasteiger partial charge in [-0.15, -0.1) is 0 Å². The molecule has 2 heterocycles. The van der Waals surface area contributed by atoms with Crippen LogP contribution in [0, 0.1) is 0 Å². The summed E-state index contributed by atoms with van der Waals surface area (Å²) in [5, 5.41) is 3.13. The molecule has 4 rings (SSSR count). The molecule has 0 radical (unpaired) electrons. The molecule has 1 fully saturated rings. The molecule has 4 N–H and O–H groups in total. The van der Waals surface area contributed by atoms with Gasteiger partial charge in [-0.05, 0) is 44.4 Å². The predicted molar refractivity (Wildman–Crippen MR) is 109 cm³/mol. The average molecular weight is 378 g/mol. The number of carbonyl (C=O) groups excluding carboxylic acids is 1. The van der Waals surface area contributed by atoms with Crippen molar-refractivity contribution in [3.63, 3.8) is 0 Å². The first-order valence-electron chi connectivity index (χ1n) is 9.65. The van der Waals surface area contributed by atoms with Crippen LogP contribution in [0.2, 0.25) is 0 Å². The lowest BCUT2D eigenvalue weighted by molar-refractivity contribution is -0.155. The number of nitrogens with two attached hydrogens (primary N) is 1. The SMILES string of the molecule is CC1(C)C[C@@H](N)C[C@H](C(=O)NC(c2ccccc2)c2nc3ccccc3[nH]2)O1. The van der Waals surface area contributed by atoms with Crippen LogP contribution in [0.15, 0.2) is 54.6 Å². The van der Waals surface area contributed by atoms with Gasteiger partial charge in [-0.25, -0.2) is 4.98 Å². The average Bonchev–Trinajstić information content (AvgIpc) is 3.08. The van der Waals surface area contributed by atoms with Crippen molar-refractivity contribution in [3.05, 3.63) is 66.0 Å². The standard InChI is InChI=1S/C22H26N4O2/c1-22(2)13-15(23)12-18(28-22)21(27)26-19(14-8-4-3-5-9-14)20-24-16-10-6-7-11-17(16)25-20/h3-11,15,18-19H,12-13,23H2,1-2H3,(H,24,25)(H,26,27)/t15-,18+,19?/m0/s1. The number of nitrogens with one attached hydrogen (secondary N) is 2. The smallest absolute Gasteiger partial charge is 0.250 e. The lowest BCUT2D eigenvalue weighted by atomic mass is 9.91. The highest BCUT2D eigenvalue weighted by molar-refractivity contribution is 5.82. The number of aromatic nitrogens is 2. The number of hydrogen-bond donors (Lipinski definition) is 3. The number of hydrogen-bond acceptors (Lipinski definition) is 4. The van der Waals surface area contributed by atoms with Gasteiger partial charge in [-0.3, -0.25) is 4.79 Å². The maximum Gasteiger partial charge on any atom is 0.250 e. The van der Waals surface area contributed by atoms with Crippen LogP contribution in [0.1, 0.15) is 44.1 Å². The van der Waals surface area contributed by atoms with Gasteiger partial charge in [-0.1, -0.05) is 42.5 Å². The van der Waals surface area contributed by atoms with Gasteiger partial charge in [0.15, 0.2) is 0 Å². The van der Waals surface area contributed by atoms with E-state index in [0.717, 1.165) is 23.0 Å². The summed E-state index contributed by atoms with van der Waals surface area (Å²) in [7, 11) is 0. The third kappa shape index (κ3) is 3.93. The second-order valence-electron chi connectivity index (χ2n) is 8.06. The molecule has 1 aliphatic heterocycles. The number of ether oxygens (including phenoxy) is 1.